The molecule has 0 aromatic heterocycles. The molecule has 0 saturated heterocycles. The van der Waals surface area contributed by atoms with Crippen molar-refractivity contribution in [3.8, 4) is 0 Å². The summed E-state index contributed by atoms with van der Waals surface area (Å²) in [6.07, 6.45) is 0. The fourth-order valence-electron chi connectivity index (χ4n) is 0.465. The van der Waals surface area contributed by atoms with Crippen molar-refractivity contribution in [1.82, 2.24) is 0 Å². The van der Waals surface area contributed by atoms with Crippen LogP contribution in [0.2, 0.25) is 12.6 Å². The minimum atomic E-state index is -2.29. The fraction of sp³-hybridized carbons (Fsp3) is 0.800. The highest BCUT2D eigenvalue weighted by Gasteiger charge is 2.25. The lowest BCUT2D eigenvalue weighted by molar-refractivity contribution is -0.140. The number of rotatable bonds is 3. The molecular formula is C5H10Cl2O2Si. The molecule has 0 atom stereocenters. The molecule has 0 bridgehead atoms. The Morgan fingerprint density at radius 2 is 2.10 bits per heavy atom. The van der Waals surface area contributed by atoms with Crippen LogP contribution in [0, 0.1) is 0 Å². The van der Waals surface area contributed by atoms with Gasteiger partial charge in [0.25, 0.3) is 6.69 Å². The summed E-state index contributed by atoms with van der Waals surface area (Å²) >= 11 is 11.3. The molecule has 0 fully saturated rings. The van der Waals surface area contributed by atoms with Gasteiger partial charge in [-0.05, 0) is 13.5 Å². The Hall–Kier alpha value is 0.267. The molecule has 0 radical (unpaired) electrons. The van der Waals surface area contributed by atoms with Gasteiger partial charge in [0, 0.05) is 0 Å². The minimum Gasteiger partial charge on any atom is -0.466 e. The zero-order valence-corrected chi connectivity index (χ0v) is 8.50. The van der Waals surface area contributed by atoms with Gasteiger partial charge in [0.15, 0.2) is 0 Å². The zero-order valence-electron chi connectivity index (χ0n) is 5.99. The third-order valence-electron chi connectivity index (χ3n) is 0.760. The highest BCUT2D eigenvalue weighted by atomic mass is 35.7. The van der Waals surface area contributed by atoms with Gasteiger partial charge in [-0.3, -0.25) is 4.79 Å². The molecular weight excluding hydrogens is 191 g/mol. The normalized spacial score (nSPS) is 11.2. The lowest BCUT2D eigenvalue weighted by Gasteiger charge is -2.07. The van der Waals surface area contributed by atoms with Crippen molar-refractivity contribution in [2.75, 3.05) is 6.61 Å². The molecule has 0 N–H and O–H groups in total. The standard InChI is InChI=1S/C5H10Cl2O2Si/c1-3-9-5(8)4-10(2,6)7/h3-4H2,1-2H3. The van der Waals surface area contributed by atoms with Crippen LogP contribution in [0.5, 0.6) is 0 Å². The second kappa shape index (κ2) is 4.21. The number of ether oxygens (including phenoxy) is 1. The van der Waals surface area contributed by atoms with E-state index < -0.39 is 6.69 Å². The third kappa shape index (κ3) is 6.39. The van der Waals surface area contributed by atoms with Crippen molar-refractivity contribution >= 4 is 34.8 Å². The highest BCUT2D eigenvalue weighted by Crippen LogP contribution is 2.19. The zero-order chi connectivity index (χ0) is 8.20. The fourth-order valence-corrected chi connectivity index (χ4v) is 1.73. The Bertz CT molecular complexity index is 121. The van der Waals surface area contributed by atoms with Crippen LogP contribution in [0.3, 0.4) is 0 Å². The summed E-state index contributed by atoms with van der Waals surface area (Å²) in [4.78, 5) is 10.7. The van der Waals surface area contributed by atoms with E-state index in [1.807, 2.05) is 0 Å². The number of hydrogen-bond acceptors (Lipinski definition) is 2. The first kappa shape index (κ1) is 10.3. The van der Waals surface area contributed by atoms with E-state index in [0.29, 0.717) is 6.61 Å². The first-order chi connectivity index (χ1) is 4.45. The molecule has 0 aliphatic carbocycles. The molecule has 0 spiro atoms. The van der Waals surface area contributed by atoms with E-state index in [1.165, 1.54) is 0 Å². The van der Waals surface area contributed by atoms with E-state index in [9.17, 15) is 4.79 Å². The van der Waals surface area contributed by atoms with Gasteiger partial charge in [0.1, 0.15) is 0 Å². The predicted molar refractivity (Wildman–Crippen MR) is 44.8 cm³/mol. The molecule has 0 heterocycles. The molecule has 0 amide bonds. The van der Waals surface area contributed by atoms with Gasteiger partial charge in [-0.15, -0.1) is 22.2 Å². The van der Waals surface area contributed by atoms with Crippen molar-refractivity contribution in [3.05, 3.63) is 0 Å². The quantitative estimate of drug-likeness (QED) is 0.397. The molecule has 0 unspecified atom stereocenters. The van der Waals surface area contributed by atoms with Gasteiger partial charge >= 0.3 is 5.97 Å². The van der Waals surface area contributed by atoms with Crippen LogP contribution in [0.25, 0.3) is 0 Å². The predicted octanol–water partition coefficient (Wildman–Crippen LogP) is 2.10. The van der Waals surface area contributed by atoms with E-state index in [2.05, 4.69) is 4.74 Å². The van der Waals surface area contributed by atoms with Gasteiger partial charge in [-0.25, -0.2) is 0 Å². The molecule has 0 aromatic rings. The summed E-state index contributed by atoms with van der Waals surface area (Å²) in [7, 11) is 0. The molecule has 5 heteroatoms. The van der Waals surface area contributed by atoms with Crippen LogP contribution < -0.4 is 0 Å². The summed E-state index contributed by atoms with van der Waals surface area (Å²) in [5.41, 5.74) is 0. The topological polar surface area (TPSA) is 26.3 Å². The van der Waals surface area contributed by atoms with Gasteiger partial charge in [-0.1, -0.05) is 0 Å². The first-order valence-electron chi connectivity index (χ1n) is 2.99. The summed E-state index contributed by atoms with van der Waals surface area (Å²) < 4.78 is 4.64. The van der Waals surface area contributed by atoms with E-state index >= 15 is 0 Å². The van der Waals surface area contributed by atoms with Crippen LogP contribution in [-0.2, 0) is 9.53 Å². The Kier molecular flexibility index (Phi) is 4.32. The second-order valence-corrected chi connectivity index (χ2v) is 10.1. The lowest BCUT2D eigenvalue weighted by atomic mass is 10.8. The van der Waals surface area contributed by atoms with E-state index in [1.54, 1.807) is 13.5 Å². The molecule has 0 aliphatic heterocycles. The minimum absolute atomic E-state index is 0.171. The van der Waals surface area contributed by atoms with Crippen LogP contribution in [-0.4, -0.2) is 19.3 Å². The Morgan fingerprint density at radius 3 is 2.40 bits per heavy atom. The van der Waals surface area contributed by atoms with E-state index in [-0.39, 0.29) is 12.0 Å². The van der Waals surface area contributed by atoms with Crippen LogP contribution in [0.15, 0.2) is 0 Å². The van der Waals surface area contributed by atoms with Crippen LogP contribution >= 0.6 is 22.2 Å². The molecule has 0 aromatic carbocycles. The Morgan fingerprint density at radius 1 is 1.60 bits per heavy atom. The maximum Gasteiger partial charge on any atom is 0.305 e. The Labute approximate surface area is 70.9 Å². The van der Waals surface area contributed by atoms with Crippen molar-refractivity contribution in [2.24, 2.45) is 0 Å². The smallest absolute Gasteiger partial charge is 0.305 e. The van der Waals surface area contributed by atoms with E-state index in [4.69, 9.17) is 22.2 Å². The molecule has 2 nitrogen and oxygen atoms in total. The van der Waals surface area contributed by atoms with Gasteiger partial charge < -0.3 is 4.74 Å². The molecule has 0 aliphatic rings. The van der Waals surface area contributed by atoms with Crippen LogP contribution in [0.4, 0.5) is 0 Å². The first-order valence-corrected chi connectivity index (χ1v) is 7.72. The third-order valence-corrected chi connectivity index (χ3v) is 2.47. The maximum absolute atomic E-state index is 10.7. The molecule has 10 heavy (non-hydrogen) atoms. The molecule has 0 saturated carbocycles. The van der Waals surface area contributed by atoms with Gasteiger partial charge in [0.2, 0.25) is 0 Å². The number of halogens is 2. The lowest BCUT2D eigenvalue weighted by Crippen LogP contribution is -2.20. The van der Waals surface area contributed by atoms with Crippen molar-refractivity contribution < 1.29 is 9.53 Å². The van der Waals surface area contributed by atoms with Gasteiger partial charge in [-0.2, -0.15) is 0 Å². The largest absolute Gasteiger partial charge is 0.466 e. The highest BCUT2D eigenvalue weighted by molar-refractivity contribution is 7.45. The second-order valence-electron chi connectivity index (χ2n) is 2.05. The average molecular weight is 201 g/mol. The Balaban J connectivity index is 3.58. The van der Waals surface area contributed by atoms with Crippen molar-refractivity contribution in [1.29, 1.82) is 0 Å². The number of hydrogen-bond donors (Lipinski definition) is 0. The molecule has 0 rings (SSSR count). The summed E-state index contributed by atoms with van der Waals surface area (Å²) in [6, 6.07) is 0.171. The monoisotopic (exact) mass is 200 g/mol. The average Bonchev–Trinajstić information content (AvgIpc) is 1.59. The number of carbonyl (C=O) groups is 1. The van der Waals surface area contributed by atoms with Crippen LogP contribution in [0.1, 0.15) is 6.92 Å². The molecule has 60 valence electrons. The SMILES string of the molecule is CCOC(=O)C[Si](C)(Cl)Cl. The van der Waals surface area contributed by atoms with Gasteiger partial charge in [0.05, 0.1) is 12.7 Å². The number of esters is 1. The van der Waals surface area contributed by atoms with Crippen molar-refractivity contribution in [2.45, 2.75) is 19.5 Å². The van der Waals surface area contributed by atoms with E-state index in [0.717, 1.165) is 0 Å². The maximum atomic E-state index is 10.7. The summed E-state index contributed by atoms with van der Waals surface area (Å²) in [6.45, 7) is 1.54. The number of carbonyl (C=O) groups excluding carboxylic acids is 1. The summed E-state index contributed by atoms with van der Waals surface area (Å²) in [5.74, 6) is -0.304. The summed E-state index contributed by atoms with van der Waals surface area (Å²) in [5, 5.41) is 0. The van der Waals surface area contributed by atoms with Crippen molar-refractivity contribution in [3.63, 3.8) is 0 Å².